The quantitative estimate of drug-likeness (QED) is 0.901. The van der Waals surface area contributed by atoms with E-state index in [2.05, 4.69) is 4.90 Å². The normalized spacial score (nSPS) is 18.0. The Morgan fingerprint density at radius 3 is 2.43 bits per heavy atom. The molecule has 2 rings (SSSR count). The van der Waals surface area contributed by atoms with E-state index in [9.17, 15) is 13.2 Å². The van der Waals surface area contributed by atoms with Gasteiger partial charge in [-0.25, -0.2) is 13.2 Å². The molecule has 1 N–H and O–H groups in total. The van der Waals surface area contributed by atoms with E-state index in [-0.39, 0.29) is 10.5 Å². The predicted molar refractivity (Wildman–Crippen MR) is 78.9 cm³/mol. The molecule has 7 heteroatoms. The number of aromatic carboxylic acids is 1. The second kappa shape index (κ2) is 6.13. The summed E-state index contributed by atoms with van der Waals surface area (Å²) in [5.41, 5.74) is -0.0146. The molecule has 21 heavy (non-hydrogen) atoms. The maximum Gasteiger partial charge on any atom is 0.335 e. The van der Waals surface area contributed by atoms with Crippen molar-refractivity contribution >= 4 is 16.0 Å². The minimum atomic E-state index is -3.62. The molecule has 1 heterocycles. The predicted octanol–water partition coefficient (Wildman–Crippen LogP) is 1.10. The van der Waals surface area contributed by atoms with Gasteiger partial charge in [-0.1, -0.05) is 6.07 Å². The first-order valence-electron chi connectivity index (χ1n) is 6.82. The maximum absolute atomic E-state index is 12.6. The van der Waals surface area contributed by atoms with Crippen molar-refractivity contribution < 1.29 is 18.3 Å². The fourth-order valence-corrected chi connectivity index (χ4v) is 4.05. The highest BCUT2D eigenvalue weighted by molar-refractivity contribution is 7.89. The van der Waals surface area contributed by atoms with Gasteiger partial charge in [-0.2, -0.15) is 4.31 Å². The minimum Gasteiger partial charge on any atom is -0.478 e. The van der Waals surface area contributed by atoms with Crippen molar-refractivity contribution in [2.45, 2.75) is 23.8 Å². The molecular weight excluding hydrogens is 292 g/mol. The summed E-state index contributed by atoms with van der Waals surface area (Å²) in [5, 5.41) is 8.97. The Bertz CT molecular complexity index is 620. The lowest BCUT2D eigenvalue weighted by Crippen LogP contribution is -2.44. The molecule has 0 amide bonds. The third-order valence-electron chi connectivity index (χ3n) is 3.87. The number of piperidine rings is 1. The van der Waals surface area contributed by atoms with Gasteiger partial charge in [0, 0.05) is 19.1 Å². The first-order chi connectivity index (χ1) is 9.82. The summed E-state index contributed by atoms with van der Waals surface area (Å²) in [6.07, 6.45) is 1.57. The number of sulfonamides is 1. The third-order valence-corrected chi connectivity index (χ3v) is 5.77. The highest BCUT2D eigenvalue weighted by atomic mass is 32.2. The Labute approximate surface area is 125 Å². The SMILES string of the molecule is CN(C)C1CCN(S(=O)(=O)c2cccc(C(=O)O)c2)CC1. The molecule has 0 saturated carbocycles. The molecule has 0 radical (unpaired) electrons. The second-order valence-corrected chi connectivity index (χ2v) is 7.37. The molecule has 0 aromatic heterocycles. The first-order valence-corrected chi connectivity index (χ1v) is 8.26. The van der Waals surface area contributed by atoms with Gasteiger partial charge in [-0.05, 0) is 45.1 Å². The monoisotopic (exact) mass is 312 g/mol. The van der Waals surface area contributed by atoms with Crippen LogP contribution in [0.4, 0.5) is 0 Å². The molecule has 0 spiro atoms. The standard InChI is InChI=1S/C14H20N2O4S/c1-15(2)12-6-8-16(9-7-12)21(19,20)13-5-3-4-11(10-13)14(17)18/h3-5,10,12H,6-9H2,1-2H3,(H,17,18). The molecule has 1 aliphatic rings. The highest BCUT2D eigenvalue weighted by Crippen LogP contribution is 2.22. The van der Waals surface area contributed by atoms with Crippen molar-refractivity contribution in [1.82, 2.24) is 9.21 Å². The van der Waals surface area contributed by atoms with Gasteiger partial charge in [0.15, 0.2) is 0 Å². The Morgan fingerprint density at radius 2 is 1.90 bits per heavy atom. The van der Waals surface area contributed by atoms with Crippen LogP contribution < -0.4 is 0 Å². The number of hydrogen-bond acceptors (Lipinski definition) is 4. The van der Waals surface area contributed by atoms with Gasteiger partial charge >= 0.3 is 5.97 Å². The lowest BCUT2D eigenvalue weighted by Gasteiger charge is -2.34. The summed E-state index contributed by atoms with van der Waals surface area (Å²) in [7, 11) is 0.367. The van der Waals surface area contributed by atoms with Crippen LogP contribution in [0.5, 0.6) is 0 Å². The van der Waals surface area contributed by atoms with E-state index in [0.717, 1.165) is 12.8 Å². The molecule has 0 bridgehead atoms. The zero-order chi connectivity index (χ0) is 15.6. The molecule has 1 aromatic carbocycles. The average Bonchev–Trinajstić information content (AvgIpc) is 2.47. The molecule has 1 fully saturated rings. The van der Waals surface area contributed by atoms with Crippen molar-refractivity contribution in [3.05, 3.63) is 29.8 Å². The molecule has 1 aromatic rings. The number of hydrogen-bond donors (Lipinski definition) is 1. The Kier molecular flexibility index (Phi) is 4.65. The Balaban J connectivity index is 2.19. The van der Waals surface area contributed by atoms with Gasteiger partial charge in [-0.3, -0.25) is 0 Å². The number of benzene rings is 1. The third kappa shape index (κ3) is 3.42. The molecule has 0 atom stereocenters. The molecule has 6 nitrogen and oxygen atoms in total. The average molecular weight is 312 g/mol. The summed E-state index contributed by atoms with van der Waals surface area (Å²) >= 11 is 0. The topological polar surface area (TPSA) is 77.9 Å². The van der Waals surface area contributed by atoms with Gasteiger partial charge in [0.1, 0.15) is 0 Å². The van der Waals surface area contributed by atoms with E-state index in [1.807, 2.05) is 14.1 Å². The van der Waals surface area contributed by atoms with E-state index >= 15 is 0 Å². The van der Waals surface area contributed by atoms with Crippen LogP contribution in [-0.4, -0.2) is 61.9 Å². The first kappa shape index (κ1) is 15.9. The van der Waals surface area contributed by atoms with Crippen LogP contribution in [0.25, 0.3) is 0 Å². The van der Waals surface area contributed by atoms with Gasteiger partial charge < -0.3 is 10.0 Å². The molecule has 1 aliphatic heterocycles. The van der Waals surface area contributed by atoms with Crippen LogP contribution in [0.3, 0.4) is 0 Å². The fraction of sp³-hybridized carbons (Fsp3) is 0.500. The van der Waals surface area contributed by atoms with Gasteiger partial charge in [0.05, 0.1) is 10.5 Å². The van der Waals surface area contributed by atoms with E-state index in [0.29, 0.717) is 19.1 Å². The van der Waals surface area contributed by atoms with Crippen LogP contribution in [0, 0.1) is 0 Å². The van der Waals surface area contributed by atoms with Gasteiger partial charge in [-0.15, -0.1) is 0 Å². The smallest absolute Gasteiger partial charge is 0.335 e. The summed E-state index contributed by atoms with van der Waals surface area (Å²) < 4.78 is 26.6. The van der Waals surface area contributed by atoms with E-state index in [1.54, 1.807) is 0 Å². The molecule has 0 aliphatic carbocycles. The number of nitrogens with zero attached hydrogens (tertiary/aromatic N) is 2. The van der Waals surface area contributed by atoms with E-state index in [1.165, 1.54) is 28.6 Å². The molecule has 0 unspecified atom stereocenters. The summed E-state index contributed by atoms with van der Waals surface area (Å²) in [6, 6.07) is 5.90. The summed E-state index contributed by atoms with van der Waals surface area (Å²) in [6.45, 7) is 0.922. The van der Waals surface area contributed by atoms with Gasteiger partial charge in [0.25, 0.3) is 0 Å². The lowest BCUT2D eigenvalue weighted by molar-refractivity contribution is 0.0696. The van der Waals surface area contributed by atoms with Crippen molar-refractivity contribution in [2.75, 3.05) is 27.2 Å². The molecule has 116 valence electrons. The summed E-state index contributed by atoms with van der Waals surface area (Å²) in [5.74, 6) is -1.13. The highest BCUT2D eigenvalue weighted by Gasteiger charge is 2.30. The lowest BCUT2D eigenvalue weighted by atomic mass is 10.1. The van der Waals surface area contributed by atoms with Crippen molar-refractivity contribution in [2.24, 2.45) is 0 Å². The van der Waals surface area contributed by atoms with Crippen LogP contribution >= 0.6 is 0 Å². The summed E-state index contributed by atoms with van der Waals surface area (Å²) in [4.78, 5) is 13.1. The Morgan fingerprint density at radius 1 is 1.29 bits per heavy atom. The molecule has 1 saturated heterocycles. The van der Waals surface area contributed by atoms with E-state index in [4.69, 9.17) is 5.11 Å². The second-order valence-electron chi connectivity index (χ2n) is 5.43. The van der Waals surface area contributed by atoms with Crippen LogP contribution in [0.2, 0.25) is 0 Å². The number of carbonyl (C=O) groups is 1. The van der Waals surface area contributed by atoms with Crippen LogP contribution in [0.15, 0.2) is 29.2 Å². The van der Waals surface area contributed by atoms with Crippen molar-refractivity contribution in [1.29, 1.82) is 0 Å². The Hall–Kier alpha value is -1.44. The van der Waals surface area contributed by atoms with Crippen molar-refractivity contribution in [3.63, 3.8) is 0 Å². The molecular formula is C14H20N2O4S. The minimum absolute atomic E-state index is 0.0146. The maximum atomic E-state index is 12.6. The van der Waals surface area contributed by atoms with Crippen LogP contribution in [0.1, 0.15) is 23.2 Å². The number of rotatable bonds is 4. The fourth-order valence-electron chi connectivity index (χ4n) is 2.54. The van der Waals surface area contributed by atoms with Gasteiger partial charge in [0.2, 0.25) is 10.0 Å². The number of carboxylic acid groups (broad SMARTS) is 1. The largest absolute Gasteiger partial charge is 0.478 e. The van der Waals surface area contributed by atoms with E-state index < -0.39 is 16.0 Å². The zero-order valence-corrected chi connectivity index (χ0v) is 13.0. The van der Waals surface area contributed by atoms with Crippen LogP contribution in [-0.2, 0) is 10.0 Å². The number of carboxylic acids is 1. The zero-order valence-electron chi connectivity index (χ0n) is 12.2. The van der Waals surface area contributed by atoms with Crippen molar-refractivity contribution in [3.8, 4) is 0 Å².